The monoisotopic (exact) mass is 235 g/mol. The number of H-pyrrole nitrogens is 1. The molecule has 0 bridgehead atoms. The van der Waals surface area contributed by atoms with Crippen LogP contribution in [0.5, 0.6) is 0 Å². The Morgan fingerprint density at radius 3 is 3.06 bits per heavy atom. The van der Waals surface area contributed by atoms with E-state index < -0.39 is 4.92 Å². The number of fused-ring (bicyclic) bond motifs is 1. The van der Waals surface area contributed by atoms with E-state index in [4.69, 9.17) is 5.73 Å². The maximum absolute atomic E-state index is 10.6. The van der Waals surface area contributed by atoms with Crippen molar-refractivity contribution < 1.29 is 4.92 Å². The van der Waals surface area contributed by atoms with Crippen molar-refractivity contribution in [3.8, 4) is 0 Å². The fraction of sp³-hybridized carbons (Fsp3) is 0.300. The number of nitro groups is 1. The fourth-order valence-corrected chi connectivity index (χ4v) is 1.47. The summed E-state index contributed by atoms with van der Waals surface area (Å²) in [6.45, 7) is 2.41. The molecule has 1 unspecified atom stereocenters. The highest BCUT2D eigenvalue weighted by Gasteiger charge is 2.10. The van der Waals surface area contributed by atoms with Gasteiger partial charge < -0.3 is 16.0 Å². The molecule has 7 heteroatoms. The summed E-state index contributed by atoms with van der Waals surface area (Å²) in [6.07, 6.45) is 0. The second kappa shape index (κ2) is 4.38. The van der Waals surface area contributed by atoms with E-state index in [2.05, 4.69) is 15.3 Å². The molecule has 2 rings (SSSR count). The van der Waals surface area contributed by atoms with Gasteiger partial charge in [0.15, 0.2) is 0 Å². The SMILES string of the molecule is CC(CN)Nc1nc2ccc([N+](=O)[O-])cc2[nH]1. The first-order valence-electron chi connectivity index (χ1n) is 5.21. The van der Waals surface area contributed by atoms with Crippen molar-refractivity contribution in [2.24, 2.45) is 5.73 Å². The van der Waals surface area contributed by atoms with Gasteiger partial charge in [0.2, 0.25) is 5.95 Å². The Kier molecular flexibility index (Phi) is 2.92. The number of nitrogens with two attached hydrogens (primary N) is 1. The molecule has 0 saturated carbocycles. The first-order chi connectivity index (χ1) is 8.10. The van der Waals surface area contributed by atoms with Crippen molar-refractivity contribution >= 4 is 22.7 Å². The molecule has 0 spiro atoms. The minimum atomic E-state index is -0.435. The van der Waals surface area contributed by atoms with Crippen molar-refractivity contribution in [2.45, 2.75) is 13.0 Å². The molecule has 0 amide bonds. The Hall–Kier alpha value is -2.15. The molecular formula is C10H13N5O2. The average molecular weight is 235 g/mol. The van der Waals surface area contributed by atoms with Crippen molar-refractivity contribution in [1.29, 1.82) is 0 Å². The third-order valence-electron chi connectivity index (χ3n) is 2.41. The van der Waals surface area contributed by atoms with Crippen LogP contribution in [-0.2, 0) is 0 Å². The summed E-state index contributed by atoms with van der Waals surface area (Å²) in [4.78, 5) is 17.4. The third-order valence-corrected chi connectivity index (χ3v) is 2.41. The second-order valence-corrected chi connectivity index (χ2v) is 3.83. The lowest BCUT2D eigenvalue weighted by molar-refractivity contribution is -0.384. The lowest BCUT2D eigenvalue weighted by Gasteiger charge is -2.08. The second-order valence-electron chi connectivity index (χ2n) is 3.83. The summed E-state index contributed by atoms with van der Waals surface area (Å²) in [5.41, 5.74) is 6.84. The maximum Gasteiger partial charge on any atom is 0.271 e. The van der Waals surface area contributed by atoms with Crippen LogP contribution in [0.3, 0.4) is 0 Å². The summed E-state index contributed by atoms with van der Waals surface area (Å²) >= 11 is 0. The van der Waals surface area contributed by atoms with Crippen LogP contribution in [0, 0.1) is 10.1 Å². The van der Waals surface area contributed by atoms with E-state index in [9.17, 15) is 10.1 Å². The molecule has 0 aliphatic heterocycles. The van der Waals surface area contributed by atoms with Crippen LogP contribution in [0.25, 0.3) is 11.0 Å². The van der Waals surface area contributed by atoms with Gasteiger partial charge in [-0.15, -0.1) is 0 Å². The molecule has 17 heavy (non-hydrogen) atoms. The van der Waals surface area contributed by atoms with Crippen LogP contribution >= 0.6 is 0 Å². The number of nitro benzene ring substituents is 1. The average Bonchev–Trinajstić information content (AvgIpc) is 2.69. The lowest BCUT2D eigenvalue weighted by Crippen LogP contribution is -2.25. The van der Waals surface area contributed by atoms with Gasteiger partial charge in [0.05, 0.1) is 16.0 Å². The van der Waals surface area contributed by atoms with Crippen LogP contribution < -0.4 is 11.1 Å². The number of benzene rings is 1. The van der Waals surface area contributed by atoms with E-state index in [1.807, 2.05) is 6.92 Å². The van der Waals surface area contributed by atoms with Crippen LogP contribution in [0.1, 0.15) is 6.92 Å². The highest BCUT2D eigenvalue weighted by molar-refractivity contribution is 5.79. The van der Waals surface area contributed by atoms with Gasteiger partial charge in [0, 0.05) is 24.7 Å². The van der Waals surface area contributed by atoms with Crippen LogP contribution in [-0.4, -0.2) is 27.5 Å². The van der Waals surface area contributed by atoms with E-state index in [1.54, 1.807) is 6.07 Å². The highest BCUT2D eigenvalue weighted by atomic mass is 16.6. The Labute approximate surface area is 97.2 Å². The topological polar surface area (TPSA) is 110 Å². The molecular weight excluding hydrogens is 222 g/mol. The number of nitrogens with one attached hydrogen (secondary N) is 2. The fourth-order valence-electron chi connectivity index (χ4n) is 1.47. The number of non-ortho nitro benzene ring substituents is 1. The van der Waals surface area contributed by atoms with Gasteiger partial charge in [-0.3, -0.25) is 10.1 Å². The standard InChI is InChI=1S/C10H13N5O2/c1-6(5-11)12-10-13-8-3-2-7(15(16)17)4-9(8)14-10/h2-4,6H,5,11H2,1H3,(H2,12,13,14). The van der Waals surface area contributed by atoms with Gasteiger partial charge in [-0.2, -0.15) is 0 Å². The first kappa shape index (κ1) is 11.3. The van der Waals surface area contributed by atoms with E-state index in [-0.39, 0.29) is 11.7 Å². The van der Waals surface area contributed by atoms with E-state index in [0.29, 0.717) is 23.5 Å². The zero-order valence-electron chi connectivity index (χ0n) is 9.30. The smallest absolute Gasteiger partial charge is 0.271 e. The third kappa shape index (κ3) is 2.34. The van der Waals surface area contributed by atoms with Crippen LogP contribution in [0.15, 0.2) is 18.2 Å². The molecule has 0 saturated heterocycles. The Morgan fingerprint density at radius 1 is 1.65 bits per heavy atom. The molecule has 0 radical (unpaired) electrons. The van der Waals surface area contributed by atoms with Gasteiger partial charge in [-0.05, 0) is 13.0 Å². The summed E-state index contributed by atoms with van der Waals surface area (Å²) < 4.78 is 0. The molecule has 0 fully saturated rings. The van der Waals surface area contributed by atoms with Crippen molar-refractivity contribution in [3.63, 3.8) is 0 Å². The number of imidazole rings is 1. The largest absolute Gasteiger partial charge is 0.352 e. The maximum atomic E-state index is 10.6. The number of anilines is 1. The van der Waals surface area contributed by atoms with Crippen LogP contribution in [0.2, 0.25) is 0 Å². The number of aromatic nitrogens is 2. The Bertz CT molecular complexity index is 551. The molecule has 1 aromatic heterocycles. The number of nitrogens with zero attached hydrogens (tertiary/aromatic N) is 2. The summed E-state index contributed by atoms with van der Waals surface area (Å²) in [7, 11) is 0. The van der Waals surface area contributed by atoms with Gasteiger partial charge in [0.1, 0.15) is 0 Å². The van der Waals surface area contributed by atoms with Crippen molar-refractivity contribution in [3.05, 3.63) is 28.3 Å². The number of hydrogen-bond acceptors (Lipinski definition) is 5. The summed E-state index contributed by atoms with van der Waals surface area (Å²) in [5.74, 6) is 0.568. The first-order valence-corrected chi connectivity index (χ1v) is 5.21. The molecule has 0 aliphatic carbocycles. The molecule has 1 atom stereocenters. The number of rotatable bonds is 4. The Balaban J connectivity index is 2.33. The zero-order chi connectivity index (χ0) is 12.4. The number of hydrogen-bond donors (Lipinski definition) is 3. The molecule has 2 aromatic rings. The molecule has 1 heterocycles. The van der Waals surface area contributed by atoms with Crippen LogP contribution in [0.4, 0.5) is 11.6 Å². The minimum absolute atomic E-state index is 0.0413. The van der Waals surface area contributed by atoms with E-state index in [0.717, 1.165) is 0 Å². The van der Waals surface area contributed by atoms with Gasteiger partial charge in [0.25, 0.3) is 5.69 Å². The molecule has 4 N–H and O–H groups in total. The predicted molar refractivity (Wildman–Crippen MR) is 64.9 cm³/mol. The van der Waals surface area contributed by atoms with E-state index in [1.165, 1.54) is 12.1 Å². The molecule has 0 aliphatic rings. The normalized spacial score (nSPS) is 12.6. The van der Waals surface area contributed by atoms with Gasteiger partial charge in [-0.25, -0.2) is 4.98 Å². The molecule has 7 nitrogen and oxygen atoms in total. The van der Waals surface area contributed by atoms with Crippen molar-refractivity contribution in [2.75, 3.05) is 11.9 Å². The van der Waals surface area contributed by atoms with Crippen molar-refractivity contribution in [1.82, 2.24) is 9.97 Å². The van der Waals surface area contributed by atoms with Gasteiger partial charge in [-0.1, -0.05) is 0 Å². The summed E-state index contributed by atoms with van der Waals surface area (Å²) in [6, 6.07) is 4.59. The quantitative estimate of drug-likeness (QED) is 0.545. The Morgan fingerprint density at radius 2 is 2.41 bits per heavy atom. The molecule has 90 valence electrons. The number of aromatic amines is 1. The lowest BCUT2D eigenvalue weighted by atomic mass is 10.3. The minimum Gasteiger partial charge on any atom is -0.352 e. The predicted octanol–water partition coefficient (Wildman–Crippen LogP) is 1.23. The highest BCUT2D eigenvalue weighted by Crippen LogP contribution is 2.20. The zero-order valence-corrected chi connectivity index (χ0v) is 9.30. The summed E-state index contributed by atoms with van der Waals surface area (Å²) in [5, 5.41) is 13.7. The molecule has 1 aromatic carbocycles. The van der Waals surface area contributed by atoms with Gasteiger partial charge >= 0.3 is 0 Å². The van der Waals surface area contributed by atoms with E-state index >= 15 is 0 Å².